The lowest BCUT2D eigenvalue weighted by atomic mass is 9.89. The Morgan fingerprint density at radius 1 is 0.652 bits per heavy atom. The van der Waals surface area contributed by atoms with Gasteiger partial charge < -0.3 is 38.2 Å². The average Bonchev–Trinajstić information content (AvgIpc) is 3.10. The highest BCUT2D eigenvalue weighted by molar-refractivity contribution is 6.10. The third-order valence-corrected chi connectivity index (χ3v) is 8.17. The van der Waals surface area contributed by atoms with Crippen LogP contribution in [-0.2, 0) is 0 Å². The van der Waals surface area contributed by atoms with Crippen molar-refractivity contribution in [3.05, 3.63) is 95.6 Å². The van der Waals surface area contributed by atoms with Crippen molar-refractivity contribution in [2.75, 3.05) is 52.5 Å². The first-order valence-electron chi connectivity index (χ1n) is 14.7. The number of hydrogen-bond acceptors (Lipinski definition) is 8. The van der Waals surface area contributed by atoms with Crippen LogP contribution in [0.5, 0.6) is 34.5 Å². The molecule has 0 aliphatic carbocycles. The van der Waals surface area contributed by atoms with Gasteiger partial charge in [-0.2, -0.15) is 0 Å². The predicted molar refractivity (Wildman–Crippen MR) is 176 cm³/mol. The monoisotopic (exact) mass is 626 g/mol. The summed E-state index contributed by atoms with van der Waals surface area (Å²) in [6.45, 7) is 1.98. The minimum Gasteiger partial charge on any atom is -0.493 e. The Balaban J connectivity index is 1.62. The second-order valence-corrected chi connectivity index (χ2v) is 10.7. The summed E-state index contributed by atoms with van der Waals surface area (Å²) in [5, 5.41) is 0. The van der Waals surface area contributed by atoms with E-state index < -0.39 is 6.04 Å². The molecule has 0 saturated heterocycles. The van der Waals surface area contributed by atoms with E-state index in [1.54, 1.807) is 34.1 Å². The predicted octanol–water partition coefficient (Wildman–Crippen LogP) is 6.57. The summed E-state index contributed by atoms with van der Waals surface area (Å²) in [5.74, 6) is 1.81. The normalized spacial score (nSPS) is 15.3. The molecule has 46 heavy (non-hydrogen) atoms. The maximum atomic E-state index is 14.6. The van der Waals surface area contributed by atoms with E-state index in [9.17, 15) is 9.59 Å². The molecule has 0 radical (unpaired) electrons. The molecule has 0 bridgehead atoms. The number of amides is 2. The lowest BCUT2D eigenvalue weighted by molar-refractivity contribution is 0.0964. The van der Waals surface area contributed by atoms with Gasteiger partial charge >= 0.3 is 0 Å². The zero-order valence-electron chi connectivity index (χ0n) is 27.0. The van der Waals surface area contributed by atoms with Crippen molar-refractivity contribution in [2.45, 2.75) is 25.4 Å². The zero-order valence-corrected chi connectivity index (χ0v) is 27.0. The number of para-hydroxylation sites is 2. The summed E-state index contributed by atoms with van der Waals surface area (Å²) in [7, 11) is 9.08. The van der Waals surface area contributed by atoms with E-state index in [2.05, 4.69) is 0 Å². The molecule has 0 saturated carbocycles. The van der Waals surface area contributed by atoms with Crippen LogP contribution in [0.15, 0.2) is 78.9 Å². The van der Waals surface area contributed by atoms with E-state index in [0.29, 0.717) is 63.4 Å². The van der Waals surface area contributed by atoms with Crippen LogP contribution in [-0.4, -0.2) is 60.5 Å². The Morgan fingerprint density at radius 2 is 1.13 bits per heavy atom. The highest BCUT2D eigenvalue weighted by Gasteiger charge is 2.40. The number of benzene rings is 4. The fourth-order valence-electron chi connectivity index (χ4n) is 6.05. The number of hydrogen-bond donors (Lipinski definition) is 0. The standard InChI is InChI=1S/C36H38N2O8/c1-22-17-28(38(25-13-9-8-10-14-25)36(40)24-20-31(43-4)34(46-7)32(21-24)44-5)26-15-11-12-16-27(26)37(22)35(39)23-18-29(41-2)33(45-6)30(19-23)42-3/h8-16,18-22,28H,17H2,1-7H3. The van der Waals surface area contributed by atoms with Crippen molar-refractivity contribution in [1.82, 2.24) is 0 Å². The van der Waals surface area contributed by atoms with Gasteiger partial charge in [0, 0.05) is 28.5 Å². The lowest BCUT2D eigenvalue weighted by Gasteiger charge is -2.43. The lowest BCUT2D eigenvalue weighted by Crippen LogP contribution is -2.47. The number of anilines is 2. The number of fused-ring (bicyclic) bond motifs is 1. The number of rotatable bonds is 10. The maximum absolute atomic E-state index is 14.6. The minimum atomic E-state index is -0.413. The topological polar surface area (TPSA) is 96.0 Å². The van der Waals surface area contributed by atoms with Crippen molar-refractivity contribution in [3.63, 3.8) is 0 Å². The van der Waals surface area contributed by atoms with Gasteiger partial charge in [0.15, 0.2) is 23.0 Å². The van der Waals surface area contributed by atoms with Crippen molar-refractivity contribution in [1.29, 1.82) is 0 Å². The van der Waals surface area contributed by atoms with E-state index in [4.69, 9.17) is 28.4 Å². The molecule has 0 aromatic heterocycles. The number of carbonyl (C=O) groups excluding carboxylic acids is 2. The molecule has 1 aliphatic rings. The van der Waals surface area contributed by atoms with Gasteiger partial charge in [-0.25, -0.2) is 0 Å². The second-order valence-electron chi connectivity index (χ2n) is 10.7. The van der Waals surface area contributed by atoms with Gasteiger partial charge in [0.25, 0.3) is 11.8 Å². The SMILES string of the molecule is COc1cc(C(=O)N2c3ccccc3C(N(C(=O)c3cc(OC)c(OC)c(OC)c3)c3ccccc3)CC2C)cc(OC)c1OC. The molecule has 0 N–H and O–H groups in total. The Morgan fingerprint density at radius 3 is 1.63 bits per heavy atom. The molecular formula is C36H38N2O8. The molecule has 240 valence electrons. The Bertz CT molecular complexity index is 1670. The van der Waals surface area contributed by atoms with Gasteiger partial charge in [-0.05, 0) is 61.4 Å². The molecule has 5 rings (SSSR count). The molecule has 10 heteroatoms. The Hall–Kier alpha value is -5.38. The van der Waals surface area contributed by atoms with Crippen LogP contribution in [0.3, 0.4) is 0 Å². The maximum Gasteiger partial charge on any atom is 0.259 e. The van der Waals surface area contributed by atoms with Crippen LogP contribution in [0.2, 0.25) is 0 Å². The molecule has 2 atom stereocenters. The Labute approximate surface area is 269 Å². The summed E-state index contributed by atoms with van der Waals surface area (Å²) in [6.07, 6.45) is 0.457. The van der Waals surface area contributed by atoms with E-state index in [0.717, 1.165) is 5.56 Å². The van der Waals surface area contributed by atoms with Gasteiger partial charge in [-0.1, -0.05) is 36.4 Å². The number of ether oxygens (including phenoxy) is 6. The molecule has 0 fully saturated rings. The van der Waals surface area contributed by atoms with Crippen molar-refractivity contribution in [2.24, 2.45) is 0 Å². The van der Waals surface area contributed by atoms with E-state index in [-0.39, 0.29) is 17.9 Å². The van der Waals surface area contributed by atoms with Crippen LogP contribution in [0, 0.1) is 0 Å². The average molecular weight is 627 g/mol. The first-order chi connectivity index (χ1) is 22.3. The van der Waals surface area contributed by atoms with E-state index in [1.807, 2.05) is 61.5 Å². The highest BCUT2D eigenvalue weighted by Crippen LogP contribution is 2.46. The van der Waals surface area contributed by atoms with E-state index >= 15 is 0 Å². The molecule has 4 aromatic rings. The van der Waals surface area contributed by atoms with Crippen LogP contribution in [0.1, 0.15) is 45.7 Å². The van der Waals surface area contributed by atoms with Gasteiger partial charge in [0.2, 0.25) is 11.5 Å². The van der Waals surface area contributed by atoms with Crippen molar-refractivity contribution in [3.8, 4) is 34.5 Å². The third-order valence-electron chi connectivity index (χ3n) is 8.17. The summed E-state index contributed by atoms with van der Waals surface area (Å²) in [4.78, 5) is 32.4. The van der Waals surface area contributed by atoms with Gasteiger partial charge in [0.1, 0.15) is 0 Å². The fraction of sp³-hybridized carbons (Fsp3) is 0.278. The zero-order chi connectivity index (χ0) is 33.0. The smallest absolute Gasteiger partial charge is 0.259 e. The quantitative estimate of drug-likeness (QED) is 0.195. The molecule has 2 unspecified atom stereocenters. The number of carbonyl (C=O) groups is 2. The molecular weight excluding hydrogens is 588 g/mol. The Kier molecular flexibility index (Phi) is 9.55. The van der Waals surface area contributed by atoms with Crippen molar-refractivity contribution >= 4 is 23.2 Å². The summed E-state index contributed by atoms with van der Waals surface area (Å²) in [6, 6.07) is 23.0. The molecule has 1 heterocycles. The molecule has 1 aliphatic heterocycles. The van der Waals surface area contributed by atoms with Gasteiger partial charge in [-0.15, -0.1) is 0 Å². The van der Waals surface area contributed by atoms with Crippen LogP contribution >= 0.6 is 0 Å². The molecule has 0 spiro atoms. The van der Waals surface area contributed by atoms with E-state index in [1.165, 1.54) is 42.7 Å². The minimum absolute atomic E-state index is 0.236. The molecule has 4 aromatic carbocycles. The van der Waals surface area contributed by atoms with Crippen molar-refractivity contribution < 1.29 is 38.0 Å². The fourth-order valence-corrected chi connectivity index (χ4v) is 6.05. The van der Waals surface area contributed by atoms with Gasteiger partial charge in [-0.3, -0.25) is 9.59 Å². The van der Waals surface area contributed by atoms with Gasteiger partial charge in [0.05, 0.1) is 48.7 Å². The largest absolute Gasteiger partial charge is 0.493 e. The summed E-state index contributed by atoms with van der Waals surface area (Å²) < 4.78 is 33.1. The molecule has 2 amide bonds. The number of methoxy groups -OCH3 is 6. The van der Waals surface area contributed by atoms with Crippen LogP contribution in [0.25, 0.3) is 0 Å². The highest BCUT2D eigenvalue weighted by atomic mass is 16.5. The third kappa shape index (κ3) is 5.74. The van der Waals surface area contributed by atoms with Crippen LogP contribution < -0.4 is 38.2 Å². The first-order valence-corrected chi connectivity index (χ1v) is 14.7. The van der Waals surface area contributed by atoms with Crippen LogP contribution in [0.4, 0.5) is 11.4 Å². The summed E-state index contributed by atoms with van der Waals surface area (Å²) in [5.41, 5.74) is 2.97. The second kappa shape index (κ2) is 13.7. The number of nitrogens with zero attached hydrogens (tertiary/aromatic N) is 2. The summed E-state index contributed by atoms with van der Waals surface area (Å²) >= 11 is 0. The first kappa shape index (κ1) is 32.0. The molecule has 10 nitrogen and oxygen atoms in total.